The number of hydrogen-bond donors (Lipinski definition) is 1. The van der Waals surface area contributed by atoms with Crippen molar-refractivity contribution in [1.29, 1.82) is 0 Å². The summed E-state index contributed by atoms with van der Waals surface area (Å²) in [6, 6.07) is 20.4. The Morgan fingerprint density at radius 2 is 1.81 bits per heavy atom. The first-order chi connectivity index (χ1) is 15.1. The Morgan fingerprint density at radius 3 is 2.55 bits per heavy atom. The first kappa shape index (κ1) is 21.1. The lowest BCUT2D eigenvalue weighted by Crippen LogP contribution is -2.31. The summed E-state index contributed by atoms with van der Waals surface area (Å²) in [4.78, 5) is 16.9. The molecule has 0 spiro atoms. The first-order valence-corrected chi connectivity index (χ1v) is 11.4. The third-order valence-corrected chi connectivity index (χ3v) is 5.81. The van der Waals surface area contributed by atoms with E-state index in [-0.39, 0.29) is 11.9 Å². The predicted octanol–water partition coefficient (Wildman–Crippen LogP) is 4.80. The molecule has 0 fully saturated rings. The van der Waals surface area contributed by atoms with Crippen LogP contribution in [0.15, 0.2) is 65.8 Å². The van der Waals surface area contributed by atoms with Crippen LogP contribution in [0.5, 0.6) is 0 Å². The Morgan fingerprint density at radius 1 is 1.06 bits per heavy atom. The molecule has 0 aliphatic rings. The highest BCUT2D eigenvalue weighted by Gasteiger charge is 2.18. The quantitative estimate of drug-likeness (QED) is 0.426. The summed E-state index contributed by atoms with van der Waals surface area (Å²) in [5.41, 5.74) is 3.84. The molecule has 6 nitrogen and oxygen atoms in total. The van der Waals surface area contributed by atoms with E-state index in [1.165, 1.54) is 11.8 Å². The van der Waals surface area contributed by atoms with Crippen LogP contribution in [0.3, 0.4) is 0 Å². The summed E-state index contributed by atoms with van der Waals surface area (Å²) in [6.45, 7) is 6.67. The van der Waals surface area contributed by atoms with Crippen LogP contribution >= 0.6 is 11.8 Å². The lowest BCUT2D eigenvalue weighted by atomic mass is 10.0. The van der Waals surface area contributed by atoms with E-state index < -0.39 is 0 Å². The minimum atomic E-state index is -0.00655. The fourth-order valence-electron chi connectivity index (χ4n) is 3.49. The zero-order valence-corrected chi connectivity index (χ0v) is 18.7. The zero-order chi connectivity index (χ0) is 21.8. The van der Waals surface area contributed by atoms with E-state index in [2.05, 4.69) is 51.3 Å². The lowest BCUT2D eigenvalue weighted by Gasteiger charge is -2.12. The third kappa shape index (κ3) is 4.61. The fraction of sp³-hybridized carbons (Fsp3) is 0.250. The van der Waals surface area contributed by atoms with Gasteiger partial charge in [0.15, 0.2) is 11.0 Å². The Balaban J connectivity index is 1.76. The fourth-order valence-corrected chi connectivity index (χ4v) is 4.30. The Hall–Kier alpha value is -3.19. The lowest BCUT2D eigenvalue weighted by molar-refractivity contribution is -0.119. The average Bonchev–Trinajstić information content (AvgIpc) is 3.20. The molecule has 0 saturated carbocycles. The number of rotatable bonds is 7. The molecule has 2 heterocycles. The molecule has 4 aromatic rings. The number of carbonyl (C=O) groups is 1. The number of hydrogen-bond acceptors (Lipinski definition) is 5. The van der Waals surface area contributed by atoms with Crippen molar-refractivity contribution < 1.29 is 4.79 Å². The van der Waals surface area contributed by atoms with Crippen molar-refractivity contribution in [2.24, 2.45) is 0 Å². The van der Waals surface area contributed by atoms with Crippen LogP contribution in [-0.2, 0) is 11.3 Å². The number of thioether (sulfide) groups is 1. The van der Waals surface area contributed by atoms with E-state index in [9.17, 15) is 4.79 Å². The molecule has 0 bridgehead atoms. The van der Waals surface area contributed by atoms with Crippen LogP contribution in [-0.4, -0.2) is 37.5 Å². The van der Waals surface area contributed by atoms with E-state index in [4.69, 9.17) is 4.98 Å². The summed E-state index contributed by atoms with van der Waals surface area (Å²) in [5.74, 6) is 1.08. The van der Waals surface area contributed by atoms with E-state index >= 15 is 0 Å². The molecule has 2 aromatic heterocycles. The molecule has 1 amide bonds. The largest absolute Gasteiger partial charge is 0.353 e. The molecular formula is C24H25N5OS. The van der Waals surface area contributed by atoms with Gasteiger partial charge in [0, 0.05) is 29.1 Å². The van der Waals surface area contributed by atoms with Gasteiger partial charge in [-0.1, -0.05) is 60.3 Å². The highest BCUT2D eigenvalue weighted by Crippen LogP contribution is 2.32. The van der Waals surface area contributed by atoms with Gasteiger partial charge in [-0.25, -0.2) is 4.98 Å². The zero-order valence-electron chi connectivity index (χ0n) is 17.9. The van der Waals surface area contributed by atoms with Crippen LogP contribution in [0, 0.1) is 0 Å². The predicted molar refractivity (Wildman–Crippen MR) is 126 cm³/mol. The van der Waals surface area contributed by atoms with Gasteiger partial charge in [0.25, 0.3) is 0 Å². The van der Waals surface area contributed by atoms with Crippen molar-refractivity contribution in [2.75, 3.05) is 5.75 Å². The average molecular weight is 432 g/mol. The second-order valence-corrected chi connectivity index (χ2v) is 8.44. The molecule has 0 radical (unpaired) electrons. The van der Waals surface area contributed by atoms with Crippen molar-refractivity contribution in [3.8, 4) is 22.6 Å². The maximum absolute atomic E-state index is 12.1. The molecule has 0 unspecified atom stereocenters. The smallest absolute Gasteiger partial charge is 0.230 e. The molecule has 7 heteroatoms. The maximum atomic E-state index is 12.1. The van der Waals surface area contributed by atoms with E-state index in [1.807, 2.05) is 50.2 Å². The Kier molecular flexibility index (Phi) is 6.32. The van der Waals surface area contributed by atoms with Crippen molar-refractivity contribution in [3.63, 3.8) is 0 Å². The highest BCUT2D eigenvalue weighted by molar-refractivity contribution is 7.99. The van der Waals surface area contributed by atoms with Crippen molar-refractivity contribution in [3.05, 3.63) is 60.7 Å². The highest BCUT2D eigenvalue weighted by atomic mass is 32.2. The third-order valence-electron chi connectivity index (χ3n) is 4.84. The molecule has 0 saturated heterocycles. The van der Waals surface area contributed by atoms with Gasteiger partial charge in [-0.3, -0.25) is 4.79 Å². The summed E-state index contributed by atoms with van der Waals surface area (Å²) < 4.78 is 2.06. The standard InChI is InChI=1S/C24H25N5OS/c1-4-29-23(27-28-24(29)31-15-22(30)25-16(2)3)19-14-21(17-10-6-5-7-11-17)26-20-13-9-8-12-18(19)20/h5-14,16H,4,15H2,1-3H3,(H,25,30). The molecule has 0 atom stereocenters. The summed E-state index contributed by atoms with van der Waals surface area (Å²) in [6.07, 6.45) is 0. The number of fused-ring (bicyclic) bond motifs is 1. The molecule has 0 aliphatic heterocycles. The molecule has 31 heavy (non-hydrogen) atoms. The van der Waals surface area contributed by atoms with Crippen molar-refractivity contribution >= 4 is 28.6 Å². The number of para-hydroxylation sites is 1. The topological polar surface area (TPSA) is 72.7 Å². The number of amides is 1. The first-order valence-electron chi connectivity index (χ1n) is 10.4. The minimum absolute atomic E-state index is 0.00655. The number of nitrogens with zero attached hydrogens (tertiary/aromatic N) is 4. The maximum Gasteiger partial charge on any atom is 0.230 e. The molecule has 2 aromatic carbocycles. The Bertz CT molecular complexity index is 1200. The second-order valence-electron chi connectivity index (χ2n) is 7.50. The number of pyridine rings is 1. The van der Waals surface area contributed by atoms with E-state index in [1.54, 1.807) is 0 Å². The van der Waals surface area contributed by atoms with Gasteiger partial charge in [-0.05, 0) is 32.9 Å². The molecular weight excluding hydrogens is 406 g/mol. The van der Waals surface area contributed by atoms with Gasteiger partial charge < -0.3 is 9.88 Å². The monoisotopic (exact) mass is 431 g/mol. The van der Waals surface area contributed by atoms with E-state index in [0.717, 1.165) is 38.7 Å². The Labute approximate surface area is 186 Å². The second kappa shape index (κ2) is 9.31. The SMILES string of the molecule is CCn1c(SCC(=O)NC(C)C)nnc1-c1cc(-c2ccccc2)nc2ccccc12. The minimum Gasteiger partial charge on any atom is -0.353 e. The van der Waals surface area contributed by atoms with Crippen LogP contribution in [0.4, 0.5) is 0 Å². The van der Waals surface area contributed by atoms with Gasteiger partial charge >= 0.3 is 0 Å². The van der Waals surface area contributed by atoms with Crippen molar-refractivity contribution in [1.82, 2.24) is 25.1 Å². The molecule has 1 N–H and O–H groups in total. The van der Waals surface area contributed by atoms with Gasteiger partial charge in [0.2, 0.25) is 5.91 Å². The number of carbonyl (C=O) groups excluding carboxylic acids is 1. The van der Waals surface area contributed by atoms with Gasteiger partial charge in [0.05, 0.1) is 17.0 Å². The summed E-state index contributed by atoms with van der Waals surface area (Å²) >= 11 is 1.40. The van der Waals surface area contributed by atoms with Gasteiger partial charge in [0.1, 0.15) is 0 Å². The van der Waals surface area contributed by atoms with Gasteiger partial charge in [-0.15, -0.1) is 10.2 Å². The number of benzene rings is 2. The number of aromatic nitrogens is 4. The van der Waals surface area contributed by atoms with Crippen LogP contribution in [0.1, 0.15) is 20.8 Å². The normalized spacial score (nSPS) is 11.2. The van der Waals surface area contributed by atoms with Gasteiger partial charge in [-0.2, -0.15) is 0 Å². The molecule has 4 rings (SSSR count). The van der Waals surface area contributed by atoms with Crippen LogP contribution < -0.4 is 5.32 Å². The van der Waals surface area contributed by atoms with Crippen molar-refractivity contribution in [2.45, 2.75) is 38.5 Å². The molecule has 0 aliphatic carbocycles. The van der Waals surface area contributed by atoms with Crippen LogP contribution in [0.2, 0.25) is 0 Å². The molecule has 158 valence electrons. The summed E-state index contributed by atoms with van der Waals surface area (Å²) in [7, 11) is 0. The number of nitrogens with one attached hydrogen (secondary N) is 1. The van der Waals surface area contributed by atoms with Crippen LogP contribution in [0.25, 0.3) is 33.5 Å². The van der Waals surface area contributed by atoms with E-state index in [0.29, 0.717) is 12.3 Å². The summed E-state index contributed by atoms with van der Waals surface area (Å²) in [5, 5.41) is 13.6.